The third kappa shape index (κ3) is 3.23. The first kappa shape index (κ1) is 12.9. The van der Waals surface area contributed by atoms with Gasteiger partial charge in [-0.25, -0.2) is 13.5 Å². The van der Waals surface area contributed by atoms with E-state index in [0.717, 1.165) is 6.07 Å². The fourth-order valence-electron chi connectivity index (χ4n) is 1.38. The topological polar surface area (TPSA) is 63.8 Å². The number of thioether (sulfide) groups is 1. The van der Waals surface area contributed by atoms with Gasteiger partial charge in [0.2, 0.25) is 5.16 Å². The van der Waals surface area contributed by atoms with E-state index in [2.05, 4.69) is 15.5 Å². The normalized spacial score (nSPS) is 10.8. The van der Waals surface area contributed by atoms with Gasteiger partial charge in [0.25, 0.3) is 0 Å². The van der Waals surface area contributed by atoms with E-state index >= 15 is 0 Å². The summed E-state index contributed by atoms with van der Waals surface area (Å²) in [5.41, 5.74) is 0.510. The van der Waals surface area contributed by atoms with Crippen LogP contribution in [0.2, 0.25) is 0 Å². The standard InChI is InChI=1S/C10H10F2N4OS/c11-8-3-7(4-9(12)5-8)6-18-10-13-14-15-16(10)1-2-17/h3-5,17H,1-2,6H2. The third-order valence-corrected chi connectivity index (χ3v) is 3.13. The molecule has 0 fully saturated rings. The van der Waals surface area contributed by atoms with E-state index < -0.39 is 11.6 Å². The molecule has 18 heavy (non-hydrogen) atoms. The minimum absolute atomic E-state index is 0.0762. The van der Waals surface area contributed by atoms with Crippen molar-refractivity contribution in [2.45, 2.75) is 17.5 Å². The minimum Gasteiger partial charge on any atom is -0.394 e. The highest BCUT2D eigenvalue weighted by molar-refractivity contribution is 7.98. The molecule has 8 heteroatoms. The van der Waals surface area contributed by atoms with E-state index in [1.807, 2.05) is 0 Å². The molecule has 0 bridgehead atoms. The maximum Gasteiger partial charge on any atom is 0.209 e. The van der Waals surface area contributed by atoms with Crippen molar-refractivity contribution >= 4 is 11.8 Å². The van der Waals surface area contributed by atoms with Gasteiger partial charge in [-0.05, 0) is 28.1 Å². The summed E-state index contributed by atoms with van der Waals surface area (Å²) in [7, 11) is 0. The minimum atomic E-state index is -0.611. The van der Waals surface area contributed by atoms with Crippen LogP contribution >= 0.6 is 11.8 Å². The number of rotatable bonds is 5. The van der Waals surface area contributed by atoms with Crippen LogP contribution in [0.5, 0.6) is 0 Å². The molecule has 2 rings (SSSR count). The molecule has 0 radical (unpaired) electrons. The Labute approximate surface area is 106 Å². The molecule has 1 heterocycles. The molecule has 0 amide bonds. The van der Waals surface area contributed by atoms with Crippen LogP contribution in [0.4, 0.5) is 8.78 Å². The summed E-state index contributed by atoms with van der Waals surface area (Å²) in [6.07, 6.45) is 0. The van der Waals surface area contributed by atoms with Crippen LogP contribution in [-0.2, 0) is 12.3 Å². The second-order valence-electron chi connectivity index (χ2n) is 3.47. The Kier molecular flexibility index (Phi) is 4.21. The molecular weight excluding hydrogens is 262 g/mol. The average molecular weight is 272 g/mol. The predicted octanol–water partition coefficient (Wildman–Crippen LogP) is 1.24. The largest absolute Gasteiger partial charge is 0.394 e. The number of aliphatic hydroxyl groups excluding tert-OH is 1. The number of hydrogen-bond donors (Lipinski definition) is 1. The summed E-state index contributed by atoms with van der Waals surface area (Å²) < 4.78 is 27.4. The molecule has 0 saturated heterocycles. The van der Waals surface area contributed by atoms with Crippen molar-refractivity contribution < 1.29 is 13.9 Å². The first-order valence-electron chi connectivity index (χ1n) is 5.14. The lowest BCUT2D eigenvalue weighted by Gasteiger charge is -2.03. The predicted molar refractivity (Wildman–Crippen MR) is 60.8 cm³/mol. The monoisotopic (exact) mass is 272 g/mol. The number of benzene rings is 1. The highest BCUT2D eigenvalue weighted by Gasteiger charge is 2.07. The van der Waals surface area contributed by atoms with Gasteiger partial charge < -0.3 is 5.11 Å². The summed E-state index contributed by atoms with van der Waals surface area (Å²) in [4.78, 5) is 0. The third-order valence-electron chi connectivity index (χ3n) is 2.10. The molecule has 0 aliphatic rings. The highest BCUT2D eigenvalue weighted by Crippen LogP contribution is 2.21. The molecule has 2 aromatic rings. The zero-order chi connectivity index (χ0) is 13.0. The SMILES string of the molecule is OCCn1nnnc1SCc1cc(F)cc(F)c1. The molecule has 0 saturated carbocycles. The molecule has 1 aromatic carbocycles. The smallest absolute Gasteiger partial charge is 0.209 e. The van der Waals surface area contributed by atoms with Gasteiger partial charge in [0, 0.05) is 11.8 Å². The number of tetrazole rings is 1. The van der Waals surface area contributed by atoms with Crippen molar-refractivity contribution in [3.05, 3.63) is 35.4 Å². The molecule has 0 aliphatic carbocycles. The zero-order valence-electron chi connectivity index (χ0n) is 9.25. The Morgan fingerprint density at radius 3 is 2.61 bits per heavy atom. The van der Waals surface area contributed by atoms with Gasteiger partial charge in [0.15, 0.2) is 0 Å². The van der Waals surface area contributed by atoms with Gasteiger partial charge in [0.05, 0.1) is 13.2 Å². The van der Waals surface area contributed by atoms with Crippen molar-refractivity contribution in [3.63, 3.8) is 0 Å². The second-order valence-corrected chi connectivity index (χ2v) is 4.42. The van der Waals surface area contributed by atoms with Crippen LogP contribution in [0, 0.1) is 11.6 Å². The van der Waals surface area contributed by atoms with Crippen molar-refractivity contribution in [1.82, 2.24) is 20.2 Å². The van der Waals surface area contributed by atoms with Crippen molar-refractivity contribution in [2.24, 2.45) is 0 Å². The van der Waals surface area contributed by atoms with Crippen molar-refractivity contribution in [2.75, 3.05) is 6.61 Å². The van der Waals surface area contributed by atoms with Crippen LogP contribution < -0.4 is 0 Å². The van der Waals surface area contributed by atoms with Crippen LogP contribution in [0.3, 0.4) is 0 Å². The quantitative estimate of drug-likeness (QED) is 0.830. The van der Waals surface area contributed by atoms with Gasteiger partial charge in [-0.2, -0.15) is 0 Å². The first-order chi connectivity index (χ1) is 8.69. The zero-order valence-corrected chi connectivity index (χ0v) is 10.1. The molecule has 96 valence electrons. The molecule has 1 N–H and O–H groups in total. The van der Waals surface area contributed by atoms with Gasteiger partial charge in [-0.1, -0.05) is 11.8 Å². The van der Waals surface area contributed by atoms with Crippen LogP contribution in [0.25, 0.3) is 0 Å². The average Bonchev–Trinajstić information content (AvgIpc) is 2.73. The molecule has 0 unspecified atom stereocenters. The Morgan fingerprint density at radius 1 is 1.22 bits per heavy atom. The molecule has 0 spiro atoms. The van der Waals surface area contributed by atoms with Crippen LogP contribution in [-0.4, -0.2) is 31.9 Å². The van der Waals surface area contributed by atoms with E-state index in [0.29, 0.717) is 16.5 Å². The summed E-state index contributed by atoms with van der Waals surface area (Å²) >= 11 is 1.25. The first-order valence-corrected chi connectivity index (χ1v) is 6.12. The fraction of sp³-hybridized carbons (Fsp3) is 0.300. The Balaban J connectivity index is 2.04. The lowest BCUT2D eigenvalue weighted by molar-refractivity contribution is 0.262. The second kappa shape index (κ2) is 5.87. The Bertz CT molecular complexity index is 514. The lowest BCUT2D eigenvalue weighted by Crippen LogP contribution is -2.05. The lowest BCUT2D eigenvalue weighted by atomic mass is 10.2. The number of hydrogen-bond acceptors (Lipinski definition) is 5. The van der Waals surface area contributed by atoms with Gasteiger partial charge in [0.1, 0.15) is 11.6 Å². The van der Waals surface area contributed by atoms with E-state index in [9.17, 15) is 8.78 Å². The molecule has 0 aliphatic heterocycles. The fourth-order valence-corrected chi connectivity index (χ4v) is 2.21. The van der Waals surface area contributed by atoms with Gasteiger partial charge >= 0.3 is 0 Å². The number of aromatic nitrogens is 4. The maximum atomic E-state index is 13.0. The number of halogens is 2. The van der Waals surface area contributed by atoms with Gasteiger partial charge in [-0.3, -0.25) is 0 Å². The highest BCUT2D eigenvalue weighted by atomic mass is 32.2. The number of aliphatic hydroxyl groups is 1. The van der Waals surface area contributed by atoms with E-state index in [4.69, 9.17) is 5.11 Å². The van der Waals surface area contributed by atoms with E-state index in [1.165, 1.54) is 28.6 Å². The summed E-state index contributed by atoms with van der Waals surface area (Å²) in [6, 6.07) is 3.34. The van der Waals surface area contributed by atoms with Gasteiger partial charge in [-0.15, -0.1) is 5.10 Å². The molecule has 0 atom stereocenters. The van der Waals surface area contributed by atoms with Crippen LogP contribution in [0.15, 0.2) is 23.4 Å². The maximum absolute atomic E-state index is 13.0. The Morgan fingerprint density at radius 2 is 1.94 bits per heavy atom. The Hall–Kier alpha value is -1.54. The van der Waals surface area contributed by atoms with Crippen molar-refractivity contribution in [1.29, 1.82) is 0 Å². The van der Waals surface area contributed by atoms with E-state index in [1.54, 1.807) is 0 Å². The summed E-state index contributed by atoms with van der Waals surface area (Å²) in [6.45, 7) is 0.208. The summed E-state index contributed by atoms with van der Waals surface area (Å²) in [5.74, 6) is -0.874. The summed E-state index contributed by atoms with van der Waals surface area (Å²) in [5, 5.41) is 20.2. The number of nitrogens with zero attached hydrogens (tertiary/aromatic N) is 4. The molecule has 1 aromatic heterocycles. The van der Waals surface area contributed by atoms with Crippen molar-refractivity contribution in [3.8, 4) is 0 Å². The molecule has 5 nitrogen and oxygen atoms in total. The van der Waals surface area contributed by atoms with Crippen LogP contribution in [0.1, 0.15) is 5.56 Å². The molecular formula is C10H10F2N4OS. The van der Waals surface area contributed by atoms with E-state index in [-0.39, 0.29) is 13.2 Å².